The number of aromatic nitrogens is 2. The number of methoxy groups -OCH3 is 1. The van der Waals surface area contributed by atoms with E-state index in [-0.39, 0.29) is 17.5 Å². The number of hydrogen-bond acceptors (Lipinski definition) is 7. The smallest absolute Gasteiger partial charge is 0.229 e. The second-order valence-electron chi connectivity index (χ2n) is 5.37. The van der Waals surface area contributed by atoms with E-state index in [2.05, 4.69) is 20.6 Å². The Bertz CT molecular complexity index is 795. The van der Waals surface area contributed by atoms with Crippen molar-refractivity contribution in [1.82, 2.24) is 9.97 Å². The minimum Gasteiger partial charge on any atom is -0.497 e. The van der Waals surface area contributed by atoms with E-state index in [9.17, 15) is 8.42 Å². The Balaban J connectivity index is 1.70. The lowest BCUT2D eigenvalue weighted by Gasteiger charge is -2.12. The fourth-order valence-electron chi connectivity index (χ4n) is 2.45. The lowest BCUT2D eigenvalue weighted by Crippen LogP contribution is -2.21. The molecule has 1 fully saturated rings. The number of sulfone groups is 1. The molecule has 1 aliphatic rings. The molecular formula is C15H18N4O3S. The van der Waals surface area contributed by atoms with Gasteiger partial charge in [0.25, 0.3) is 0 Å². The van der Waals surface area contributed by atoms with Crippen LogP contribution in [0.2, 0.25) is 0 Å². The minimum absolute atomic E-state index is 0.0976. The third kappa shape index (κ3) is 4.10. The molecule has 0 bridgehead atoms. The Morgan fingerprint density at radius 1 is 1.30 bits per heavy atom. The first kappa shape index (κ1) is 15.5. The van der Waals surface area contributed by atoms with Crippen LogP contribution in [0.5, 0.6) is 5.75 Å². The Labute approximate surface area is 135 Å². The number of anilines is 3. The largest absolute Gasteiger partial charge is 0.497 e. The Hall–Kier alpha value is -2.35. The molecule has 1 atom stereocenters. The van der Waals surface area contributed by atoms with Gasteiger partial charge in [0, 0.05) is 24.0 Å². The Kier molecular flexibility index (Phi) is 4.33. The van der Waals surface area contributed by atoms with Crippen LogP contribution in [0.15, 0.2) is 36.5 Å². The van der Waals surface area contributed by atoms with Gasteiger partial charge in [-0.15, -0.1) is 0 Å². The third-order valence-electron chi connectivity index (χ3n) is 3.57. The lowest BCUT2D eigenvalue weighted by atomic mass is 10.2. The number of nitrogens with zero attached hydrogens (tertiary/aromatic N) is 2. The molecule has 0 spiro atoms. The molecule has 1 aromatic heterocycles. The summed E-state index contributed by atoms with van der Waals surface area (Å²) in [6.07, 6.45) is 2.23. The molecule has 122 valence electrons. The fraction of sp³-hybridized carbons (Fsp3) is 0.333. The van der Waals surface area contributed by atoms with E-state index in [0.29, 0.717) is 18.2 Å². The van der Waals surface area contributed by atoms with Crippen LogP contribution in [0, 0.1) is 0 Å². The van der Waals surface area contributed by atoms with Gasteiger partial charge in [0.2, 0.25) is 5.95 Å². The minimum atomic E-state index is -2.92. The summed E-state index contributed by atoms with van der Waals surface area (Å²) < 4.78 is 28.2. The van der Waals surface area contributed by atoms with Crippen molar-refractivity contribution in [3.05, 3.63) is 36.5 Å². The zero-order valence-electron chi connectivity index (χ0n) is 12.7. The molecule has 0 amide bonds. The zero-order chi connectivity index (χ0) is 16.3. The van der Waals surface area contributed by atoms with Crippen molar-refractivity contribution < 1.29 is 13.2 Å². The number of benzene rings is 1. The van der Waals surface area contributed by atoms with Crippen molar-refractivity contribution in [3.63, 3.8) is 0 Å². The van der Waals surface area contributed by atoms with Crippen LogP contribution in [-0.4, -0.2) is 43.0 Å². The summed E-state index contributed by atoms with van der Waals surface area (Å²) in [5, 5.41) is 6.25. The summed E-state index contributed by atoms with van der Waals surface area (Å²) >= 11 is 0. The molecule has 0 aliphatic carbocycles. The molecule has 2 N–H and O–H groups in total. The highest BCUT2D eigenvalue weighted by Gasteiger charge is 2.27. The Morgan fingerprint density at radius 2 is 2.17 bits per heavy atom. The normalized spacial score (nSPS) is 19.3. The summed E-state index contributed by atoms with van der Waals surface area (Å²) in [6.45, 7) is 0. The molecule has 23 heavy (non-hydrogen) atoms. The summed E-state index contributed by atoms with van der Waals surface area (Å²) in [5.41, 5.74) is 0.810. The van der Waals surface area contributed by atoms with E-state index in [1.807, 2.05) is 24.3 Å². The molecule has 1 saturated heterocycles. The molecule has 7 nitrogen and oxygen atoms in total. The molecule has 2 heterocycles. The van der Waals surface area contributed by atoms with E-state index in [4.69, 9.17) is 4.74 Å². The lowest BCUT2D eigenvalue weighted by molar-refractivity contribution is 0.415. The van der Waals surface area contributed by atoms with Gasteiger partial charge < -0.3 is 15.4 Å². The topological polar surface area (TPSA) is 93.2 Å². The van der Waals surface area contributed by atoms with Gasteiger partial charge in [-0.1, -0.05) is 6.07 Å². The standard InChI is InChI=1S/C15H18N4O3S/c1-22-13-4-2-3-11(9-13)18-15-16-7-5-14(19-15)17-12-6-8-23(20,21)10-12/h2-5,7,9,12H,6,8,10H2,1H3,(H2,16,17,18,19). The van der Waals surface area contributed by atoms with Crippen molar-refractivity contribution in [2.45, 2.75) is 12.5 Å². The second kappa shape index (κ2) is 6.41. The first-order valence-corrected chi connectivity index (χ1v) is 9.07. The predicted molar refractivity (Wildman–Crippen MR) is 89.0 cm³/mol. The molecule has 1 unspecified atom stereocenters. The van der Waals surface area contributed by atoms with Crippen molar-refractivity contribution in [2.24, 2.45) is 0 Å². The van der Waals surface area contributed by atoms with Crippen LogP contribution in [0.1, 0.15) is 6.42 Å². The van der Waals surface area contributed by atoms with E-state index in [0.717, 1.165) is 11.4 Å². The second-order valence-corrected chi connectivity index (χ2v) is 7.60. The van der Waals surface area contributed by atoms with Crippen molar-refractivity contribution >= 4 is 27.3 Å². The van der Waals surface area contributed by atoms with Gasteiger partial charge in [0.05, 0.1) is 18.6 Å². The van der Waals surface area contributed by atoms with Gasteiger partial charge in [-0.2, -0.15) is 4.98 Å². The van der Waals surface area contributed by atoms with Crippen LogP contribution in [0.25, 0.3) is 0 Å². The van der Waals surface area contributed by atoms with Gasteiger partial charge in [0.1, 0.15) is 11.6 Å². The molecule has 1 aromatic carbocycles. The van der Waals surface area contributed by atoms with Crippen molar-refractivity contribution in [3.8, 4) is 5.75 Å². The van der Waals surface area contributed by atoms with Crippen LogP contribution in [-0.2, 0) is 9.84 Å². The molecule has 3 rings (SSSR count). The predicted octanol–water partition coefficient (Wildman–Crippen LogP) is 1.83. The number of hydrogen-bond donors (Lipinski definition) is 2. The number of ether oxygens (including phenoxy) is 1. The van der Waals surface area contributed by atoms with Gasteiger partial charge in [0.15, 0.2) is 9.84 Å². The number of nitrogens with one attached hydrogen (secondary N) is 2. The summed E-state index contributed by atoms with van der Waals surface area (Å²) in [5.74, 6) is 2.15. The monoisotopic (exact) mass is 334 g/mol. The molecule has 2 aromatic rings. The number of rotatable bonds is 5. The van der Waals surface area contributed by atoms with E-state index >= 15 is 0 Å². The van der Waals surface area contributed by atoms with E-state index in [1.54, 1.807) is 19.4 Å². The highest BCUT2D eigenvalue weighted by molar-refractivity contribution is 7.91. The third-order valence-corrected chi connectivity index (χ3v) is 5.33. The first-order valence-electron chi connectivity index (χ1n) is 7.25. The maximum atomic E-state index is 11.5. The molecule has 0 saturated carbocycles. The molecule has 8 heteroatoms. The average molecular weight is 334 g/mol. The quantitative estimate of drug-likeness (QED) is 0.861. The van der Waals surface area contributed by atoms with E-state index in [1.165, 1.54) is 0 Å². The van der Waals surface area contributed by atoms with Gasteiger partial charge >= 0.3 is 0 Å². The summed E-state index contributed by atoms with van der Waals surface area (Å²) in [4.78, 5) is 8.54. The SMILES string of the molecule is COc1cccc(Nc2nccc(NC3CCS(=O)(=O)C3)n2)c1. The van der Waals surface area contributed by atoms with Crippen LogP contribution >= 0.6 is 0 Å². The highest BCUT2D eigenvalue weighted by atomic mass is 32.2. The summed E-state index contributed by atoms with van der Waals surface area (Å²) in [7, 11) is -1.31. The van der Waals surface area contributed by atoms with Gasteiger partial charge in [-0.3, -0.25) is 0 Å². The van der Waals surface area contributed by atoms with Crippen LogP contribution in [0.4, 0.5) is 17.5 Å². The first-order chi connectivity index (χ1) is 11.0. The molecular weight excluding hydrogens is 316 g/mol. The maximum absolute atomic E-state index is 11.5. The van der Waals surface area contributed by atoms with Crippen LogP contribution in [0.3, 0.4) is 0 Å². The molecule has 0 radical (unpaired) electrons. The Morgan fingerprint density at radius 3 is 2.91 bits per heavy atom. The molecule has 1 aliphatic heterocycles. The van der Waals surface area contributed by atoms with Crippen molar-refractivity contribution in [1.29, 1.82) is 0 Å². The average Bonchev–Trinajstić information content (AvgIpc) is 2.86. The van der Waals surface area contributed by atoms with Gasteiger partial charge in [-0.05, 0) is 24.6 Å². The van der Waals surface area contributed by atoms with Crippen molar-refractivity contribution in [2.75, 3.05) is 29.2 Å². The maximum Gasteiger partial charge on any atom is 0.229 e. The van der Waals surface area contributed by atoms with Crippen LogP contribution < -0.4 is 15.4 Å². The zero-order valence-corrected chi connectivity index (χ0v) is 13.5. The van der Waals surface area contributed by atoms with E-state index < -0.39 is 9.84 Å². The summed E-state index contributed by atoms with van der Waals surface area (Å²) in [6, 6.07) is 9.07. The fourth-order valence-corrected chi connectivity index (χ4v) is 4.12. The highest BCUT2D eigenvalue weighted by Crippen LogP contribution is 2.21. The van der Waals surface area contributed by atoms with Gasteiger partial charge in [-0.25, -0.2) is 13.4 Å².